The molecule has 0 atom stereocenters. The molecule has 20 heavy (non-hydrogen) atoms. The van der Waals surface area contributed by atoms with Gasteiger partial charge in [-0.15, -0.1) is 0 Å². The Bertz CT molecular complexity index is 476. The van der Waals surface area contributed by atoms with Crippen molar-refractivity contribution in [2.24, 2.45) is 0 Å². The first-order valence-electron chi connectivity index (χ1n) is 7.21. The first kappa shape index (κ1) is 14.8. The molecule has 1 N–H and O–H groups in total. The lowest BCUT2D eigenvalue weighted by molar-refractivity contribution is -0.138. The van der Waals surface area contributed by atoms with Crippen molar-refractivity contribution in [2.45, 2.75) is 57.9 Å². The Morgan fingerprint density at radius 1 is 1.25 bits per heavy atom. The van der Waals surface area contributed by atoms with Gasteiger partial charge < -0.3 is 10.0 Å². The van der Waals surface area contributed by atoms with Gasteiger partial charge in [0.15, 0.2) is 0 Å². The third-order valence-corrected chi connectivity index (χ3v) is 4.25. The third kappa shape index (κ3) is 3.08. The van der Waals surface area contributed by atoms with Gasteiger partial charge in [-0.2, -0.15) is 0 Å². The molecule has 0 spiro atoms. The van der Waals surface area contributed by atoms with Crippen molar-refractivity contribution in [3.63, 3.8) is 0 Å². The highest BCUT2D eigenvalue weighted by Gasteiger charge is 2.39. The van der Waals surface area contributed by atoms with Crippen LogP contribution in [0.3, 0.4) is 0 Å². The molecule has 1 heterocycles. The third-order valence-electron chi connectivity index (χ3n) is 4.25. The molecule has 1 aliphatic carbocycles. The van der Waals surface area contributed by atoms with Crippen molar-refractivity contribution in [2.75, 3.05) is 11.9 Å². The first-order valence-corrected chi connectivity index (χ1v) is 7.21. The molecule has 1 fully saturated rings. The van der Waals surface area contributed by atoms with Crippen LogP contribution in [0.25, 0.3) is 0 Å². The molecule has 5 nitrogen and oxygen atoms in total. The van der Waals surface area contributed by atoms with E-state index in [4.69, 9.17) is 0 Å². The van der Waals surface area contributed by atoms with Crippen molar-refractivity contribution in [3.8, 4) is 0 Å². The summed E-state index contributed by atoms with van der Waals surface area (Å²) in [7, 11) is 1.93. The second-order valence-electron chi connectivity index (χ2n) is 5.87. The first-order chi connectivity index (χ1) is 9.43. The molecule has 0 radical (unpaired) electrons. The van der Waals surface area contributed by atoms with E-state index in [-0.39, 0.29) is 12.0 Å². The maximum Gasteiger partial charge on any atom is 0.305 e. The summed E-state index contributed by atoms with van der Waals surface area (Å²) in [5.74, 6) is -0.103. The fourth-order valence-electron chi connectivity index (χ4n) is 3.19. The lowest BCUT2D eigenvalue weighted by atomic mass is 9.78. The average Bonchev–Trinajstić information content (AvgIpc) is 2.37. The van der Waals surface area contributed by atoms with Gasteiger partial charge in [-0.3, -0.25) is 4.79 Å². The minimum atomic E-state index is -0.747. The predicted molar refractivity (Wildman–Crippen MR) is 78.0 cm³/mol. The second-order valence-corrected chi connectivity index (χ2v) is 5.87. The van der Waals surface area contributed by atoms with Crippen LogP contribution in [0.1, 0.15) is 49.9 Å². The van der Waals surface area contributed by atoms with Gasteiger partial charge >= 0.3 is 5.97 Å². The molecule has 110 valence electrons. The normalized spacial score (nSPS) is 17.8. The number of carboxylic acid groups (broad SMARTS) is 1. The monoisotopic (exact) mass is 277 g/mol. The van der Waals surface area contributed by atoms with E-state index >= 15 is 0 Å². The summed E-state index contributed by atoms with van der Waals surface area (Å²) >= 11 is 0. The van der Waals surface area contributed by atoms with Gasteiger partial charge in [-0.1, -0.05) is 19.3 Å². The largest absolute Gasteiger partial charge is 0.481 e. The number of nitrogens with zero attached hydrogens (tertiary/aromatic N) is 3. The van der Waals surface area contributed by atoms with Gasteiger partial charge in [-0.05, 0) is 32.8 Å². The van der Waals surface area contributed by atoms with E-state index in [0.29, 0.717) is 5.95 Å². The predicted octanol–water partition coefficient (Wildman–Crippen LogP) is 2.71. The number of aryl methyl sites for hydroxylation is 2. The van der Waals surface area contributed by atoms with E-state index in [9.17, 15) is 9.90 Å². The summed E-state index contributed by atoms with van der Waals surface area (Å²) in [6.45, 7) is 3.88. The number of aliphatic carboxylic acids is 1. The van der Waals surface area contributed by atoms with Crippen molar-refractivity contribution in [3.05, 3.63) is 17.5 Å². The van der Waals surface area contributed by atoms with Gasteiger partial charge in [0.25, 0.3) is 0 Å². The number of aromatic nitrogens is 2. The lowest BCUT2D eigenvalue weighted by Crippen LogP contribution is -2.50. The Morgan fingerprint density at radius 2 is 1.80 bits per heavy atom. The van der Waals surface area contributed by atoms with E-state index in [1.54, 1.807) is 0 Å². The Balaban J connectivity index is 2.34. The number of rotatable bonds is 4. The van der Waals surface area contributed by atoms with Gasteiger partial charge in [-0.25, -0.2) is 9.97 Å². The Hall–Kier alpha value is -1.65. The summed E-state index contributed by atoms with van der Waals surface area (Å²) in [6, 6.07) is 1.93. The molecule has 2 rings (SSSR count). The Kier molecular flexibility index (Phi) is 4.26. The SMILES string of the molecule is Cc1cc(C)nc(N(C)C2(CC(=O)O)CCCCC2)n1. The number of anilines is 1. The Labute approximate surface area is 120 Å². The number of hydrogen-bond acceptors (Lipinski definition) is 4. The van der Waals surface area contributed by atoms with Crippen LogP contribution in [-0.4, -0.2) is 33.6 Å². The van der Waals surface area contributed by atoms with Crippen LogP contribution in [0.2, 0.25) is 0 Å². The van der Waals surface area contributed by atoms with E-state index < -0.39 is 5.97 Å². The molecule has 0 aromatic carbocycles. The molecular formula is C15H23N3O2. The average molecular weight is 277 g/mol. The molecule has 1 aromatic heterocycles. The van der Waals surface area contributed by atoms with E-state index in [1.807, 2.05) is 31.9 Å². The zero-order valence-electron chi connectivity index (χ0n) is 12.5. The Morgan fingerprint density at radius 3 is 2.30 bits per heavy atom. The lowest BCUT2D eigenvalue weighted by Gasteiger charge is -2.44. The van der Waals surface area contributed by atoms with Crippen molar-refractivity contribution in [1.29, 1.82) is 0 Å². The molecular weight excluding hydrogens is 254 g/mol. The highest BCUT2D eigenvalue weighted by atomic mass is 16.4. The quantitative estimate of drug-likeness (QED) is 0.916. The molecule has 5 heteroatoms. The molecule has 1 aliphatic rings. The maximum atomic E-state index is 11.3. The number of hydrogen-bond donors (Lipinski definition) is 1. The summed E-state index contributed by atoms with van der Waals surface area (Å²) < 4.78 is 0. The maximum absolute atomic E-state index is 11.3. The van der Waals surface area contributed by atoms with E-state index in [0.717, 1.165) is 37.1 Å². The van der Waals surface area contributed by atoms with E-state index in [2.05, 4.69) is 9.97 Å². The van der Waals surface area contributed by atoms with E-state index in [1.165, 1.54) is 6.42 Å². The number of carboxylic acids is 1. The molecule has 0 amide bonds. The second kappa shape index (κ2) is 5.77. The van der Waals surface area contributed by atoms with Crippen LogP contribution in [0.5, 0.6) is 0 Å². The summed E-state index contributed by atoms with van der Waals surface area (Å²) in [4.78, 5) is 22.2. The minimum Gasteiger partial charge on any atom is -0.481 e. The molecule has 1 saturated carbocycles. The topological polar surface area (TPSA) is 66.3 Å². The van der Waals surface area contributed by atoms with Crippen LogP contribution in [0, 0.1) is 13.8 Å². The highest BCUT2D eigenvalue weighted by Crippen LogP contribution is 2.37. The van der Waals surface area contributed by atoms with Gasteiger partial charge in [0, 0.05) is 18.4 Å². The fraction of sp³-hybridized carbons (Fsp3) is 0.667. The smallest absolute Gasteiger partial charge is 0.305 e. The van der Waals surface area contributed by atoms with Crippen LogP contribution in [0.4, 0.5) is 5.95 Å². The van der Waals surface area contributed by atoms with Gasteiger partial charge in [0.05, 0.1) is 12.0 Å². The van der Waals surface area contributed by atoms with Crippen LogP contribution >= 0.6 is 0 Å². The fourth-order valence-corrected chi connectivity index (χ4v) is 3.19. The summed E-state index contributed by atoms with van der Waals surface area (Å²) in [6.07, 6.45) is 5.27. The zero-order valence-corrected chi connectivity index (χ0v) is 12.5. The molecule has 0 aliphatic heterocycles. The highest BCUT2D eigenvalue weighted by molar-refractivity contribution is 5.69. The van der Waals surface area contributed by atoms with Crippen LogP contribution < -0.4 is 4.90 Å². The summed E-state index contributed by atoms with van der Waals surface area (Å²) in [5.41, 5.74) is 1.49. The molecule has 0 unspecified atom stereocenters. The van der Waals surface area contributed by atoms with Crippen LogP contribution in [0.15, 0.2) is 6.07 Å². The number of carbonyl (C=O) groups is 1. The van der Waals surface area contributed by atoms with Gasteiger partial charge in [0.1, 0.15) is 0 Å². The zero-order chi connectivity index (χ0) is 14.8. The van der Waals surface area contributed by atoms with Crippen molar-refractivity contribution >= 4 is 11.9 Å². The van der Waals surface area contributed by atoms with Crippen LogP contribution in [-0.2, 0) is 4.79 Å². The van der Waals surface area contributed by atoms with Gasteiger partial charge in [0.2, 0.25) is 5.95 Å². The molecule has 0 saturated heterocycles. The van der Waals surface area contributed by atoms with Crippen molar-refractivity contribution in [1.82, 2.24) is 9.97 Å². The minimum absolute atomic E-state index is 0.153. The molecule has 0 bridgehead atoms. The standard InChI is InChI=1S/C15H23N3O2/c1-11-9-12(2)17-14(16-11)18(3)15(10-13(19)20)7-5-4-6-8-15/h9H,4-8,10H2,1-3H3,(H,19,20). The van der Waals surface area contributed by atoms with Crippen molar-refractivity contribution < 1.29 is 9.90 Å². The molecule has 1 aromatic rings. The summed E-state index contributed by atoms with van der Waals surface area (Å²) in [5, 5.41) is 9.27.